The van der Waals surface area contributed by atoms with Gasteiger partial charge in [-0.3, -0.25) is 0 Å². The zero-order valence-corrected chi connectivity index (χ0v) is 13.8. The van der Waals surface area contributed by atoms with Gasteiger partial charge in [0.05, 0.1) is 10.4 Å². The molecule has 0 radical (unpaired) electrons. The minimum absolute atomic E-state index is 0.180. The van der Waals surface area contributed by atoms with Crippen LogP contribution in [-0.2, 0) is 9.84 Å². The Morgan fingerprint density at radius 3 is 2.43 bits per heavy atom. The van der Waals surface area contributed by atoms with Crippen molar-refractivity contribution < 1.29 is 8.42 Å². The molecule has 1 aromatic carbocycles. The molecule has 5 nitrogen and oxygen atoms in total. The number of benzene rings is 1. The summed E-state index contributed by atoms with van der Waals surface area (Å²) < 4.78 is 25.7. The maximum absolute atomic E-state index is 11.9. The van der Waals surface area contributed by atoms with Crippen molar-refractivity contribution in [3.63, 3.8) is 0 Å². The van der Waals surface area contributed by atoms with Gasteiger partial charge in [0, 0.05) is 12.3 Å². The van der Waals surface area contributed by atoms with E-state index in [2.05, 4.69) is 25.8 Å². The van der Waals surface area contributed by atoms with Gasteiger partial charge in [-0.25, -0.2) is 13.4 Å². The normalized spacial score (nSPS) is 14.0. The van der Waals surface area contributed by atoms with Crippen LogP contribution in [0.4, 0.5) is 5.95 Å². The van der Waals surface area contributed by atoms with E-state index in [4.69, 9.17) is 5.73 Å². The molecule has 2 rings (SSSR count). The molecule has 0 aliphatic heterocycles. The highest BCUT2D eigenvalue weighted by Crippen LogP contribution is 2.32. The summed E-state index contributed by atoms with van der Waals surface area (Å²) in [5.41, 5.74) is 7.33. The van der Waals surface area contributed by atoms with Crippen molar-refractivity contribution in [2.75, 3.05) is 12.0 Å². The molecule has 1 aromatic heterocycles. The molecule has 2 N–H and O–H groups in total. The number of anilines is 1. The largest absolute Gasteiger partial charge is 0.369 e. The summed E-state index contributed by atoms with van der Waals surface area (Å²) in [4.78, 5) is 4.55. The summed E-state index contributed by atoms with van der Waals surface area (Å²) >= 11 is 0. The van der Waals surface area contributed by atoms with E-state index in [0.717, 1.165) is 18.4 Å². The predicted octanol–water partition coefficient (Wildman–Crippen LogP) is 3.02. The predicted molar refractivity (Wildman–Crippen MR) is 86.0 cm³/mol. The number of nitrogens with zero attached hydrogens (tertiary/aromatic N) is 2. The topological polar surface area (TPSA) is 78.0 Å². The third kappa shape index (κ3) is 2.77. The lowest BCUT2D eigenvalue weighted by atomic mass is 9.95. The first kappa shape index (κ1) is 15.8. The quantitative estimate of drug-likeness (QED) is 0.921. The average Bonchev–Trinajstić information content (AvgIpc) is 2.74. The van der Waals surface area contributed by atoms with Gasteiger partial charge in [-0.2, -0.15) is 0 Å². The molecule has 21 heavy (non-hydrogen) atoms. The van der Waals surface area contributed by atoms with Gasteiger partial charge in [0.2, 0.25) is 5.95 Å². The van der Waals surface area contributed by atoms with E-state index in [1.54, 1.807) is 12.1 Å². The lowest BCUT2D eigenvalue weighted by molar-refractivity contribution is 0.342. The Balaban J connectivity index is 2.70. The van der Waals surface area contributed by atoms with Gasteiger partial charge in [-0.05, 0) is 25.0 Å². The van der Waals surface area contributed by atoms with Crippen LogP contribution in [-0.4, -0.2) is 24.2 Å². The lowest BCUT2D eigenvalue weighted by Crippen LogP contribution is -2.17. The van der Waals surface area contributed by atoms with E-state index in [0.29, 0.717) is 17.4 Å². The third-order valence-electron chi connectivity index (χ3n) is 4.25. The van der Waals surface area contributed by atoms with Crippen molar-refractivity contribution in [3.8, 4) is 0 Å². The van der Waals surface area contributed by atoms with Crippen LogP contribution in [0.15, 0.2) is 23.1 Å². The molecule has 0 aliphatic rings. The Morgan fingerprint density at radius 2 is 1.90 bits per heavy atom. The number of hydrogen-bond donors (Lipinski definition) is 1. The van der Waals surface area contributed by atoms with E-state index >= 15 is 0 Å². The number of sulfone groups is 1. The van der Waals surface area contributed by atoms with Gasteiger partial charge < -0.3 is 10.3 Å². The Hall–Kier alpha value is -1.56. The first-order valence-electron chi connectivity index (χ1n) is 7.27. The van der Waals surface area contributed by atoms with Crippen molar-refractivity contribution in [3.05, 3.63) is 18.2 Å². The summed E-state index contributed by atoms with van der Waals surface area (Å²) in [5.74, 6) is 0.854. The first-order chi connectivity index (χ1) is 9.81. The lowest BCUT2D eigenvalue weighted by Gasteiger charge is -2.24. The van der Waals surface area contributed by atoms with Crippen molar-refractivity contribution in [1.29, 1.82) is 0 Å². The molecule has 6 heteroatoms. The Labute approximate surface area is 126 Å². The van der Waals surface area contributed by atoms with Gasteiger partial charge in [0.1, 0.15) is 5.52 Å². The maximum Gasteiger partial charge on any atom is 0.201 e. The fraction of sp³-hybridized carbons (Fsp3) is 0.533. The number of aromatic nitrogens is 2. The highest BCUT2D eigenvalue weighted by molar-refractivity contribution is 7.91. The number of nitrogens with two attached hydrogens (primary N) is 1. The highest BCUT2D eigenvalue weighted by Gasteiger charge is 2.23. The van der Waals surface area contributed by atoms with Crippen molar-refractivity contribution in [2.24, 2.45) is 5.92 Å². The molecule has 0 amide bonds. The average molecular weight is 309 g/mol. The molecule has 0 saturated heterocycles. The molecule has 0 saturated carbocycles. The zero-order valence-electron chi connectivity index (χ0n) is 13.0. The molecular weight excluding hydrogens is 286 g/mol. The smallest absolute Gasteiger partial charge is 0.201 e. The fourth-order valence-electron chi connectivity index (χ4n) is 3.02. The van der Waals surface area contributed by atoms with E-state index in [-0.39, 0.29) is 10.9 Å². The Bertz CT molecular complexity index is 746. The second-order valence-electron chi connectivity index (χ2n) is 5.55. The maximum atomic E-state index is 11.9. The third-order valence-corrected chi connectivity index (χ3v) is 5.38. The summed E-state index contributed by atoms with van der Waals surface area (Å²) in [7, 11) is -3.32. The number of para-hydroxylation sites is 1. The van der Waals surface area contributed by atoms with E-state index in [9.17, 15) is 8.42 Å². The monoisotopic (exact) mass is 309 g/mol. The van der Waals surface area contributed by atoms with Gasteiger partial charge in [0.15, 0.2) is 9.84 Å². The minimum Gasteiger partial charge on any atom is -0.369 e. The van der Waals surface area contributed by atoms with Crippen LogP contribution in [0, 0.1) is 5.92 Å². The highest BCUT2D eigenvalue weighted by atomic mass is 32.2. The number of fused-ring (bicyclic) bond motifs is 1. The van der Waals surface area contributed by atoms with Gasteiger partial charge in [0.25, 0.3) is 0 Å². The second kappa shape index (κ2) is 5.67. The molecule has 0 fully saturated rings. The Morgan fingerprint density at radius 1 is 1.29 bits per heavy atom. The van der Waals surface area contributed by atoms with Crippen LogP contribution >= 0.6 is 0 Å². The van der Waals surface area contributed by atoms with Crippen LogP contribution < -0.4 is 5.73 Å². The van der Waals surface area contributed by atoms with E-state index in [1.807, 2.05) is 10.6 Å². The fourth-order valence-corrected chi connectivity index (χ4v) is 3.85. The minimum atomic E-state index is -3.32. The molecule has 2 aromatic rings. The van der Waals surface area contributed by atoms with Crippen LogP contribution in [0.5, 0.6) is 0 Å². The molecule has 1 unspecified atom stereocenters. The van der Waals surface area contributed by atoms with Crippen LogP contribution in [0.2, 0.25) is 0 Å². The summed E-state index contributed by atoms with van der Waals surface area (Å²) in [6.07, 6.45) is 3.28. The molecule has 1 heterocycles. The molecule has 0 bridgehead atoms. The van der Waals surface area contributed by atoms with Gasteiger partial charge >= 0.3 is 0 Å². The molecule has 0 spiro atoms. The molecular formula is C15H23N3O2S. The van der Waals surface area contributed by atoms with E-state index in [1.165, 1.54) is 6.26 Å². The second-order valence-corrected chi connectivity index (χ2v) is 7.54. The van der Waals surface area contributed by atoms with Gasteiger partial charge in [-0.15, -0.1) is 0 Å². The molecule has 1 atom stereocenters. The summed E-state index contributed by atoms with van der Waals surface area (Å²) in [6.45, 7) is 6.42. The summed E-state index contributed by atoms with van der Waals surface area (Å²) in [5, 5.41) is 0. The number of rotatable bonds is 5. The Kier molecular flexibility index (Phi) is 4.27. The van der Waals surface area contributed by atoms with Crippen molar-refractivity contribution in [2.45, 2.75) is 44.6 Å². The van der Waals surface area contributed by atoms with Crippen molar-refractivity contribution >= 4 is 26.8 Å². The van der Waals surface area contributed by atoms with E-state index < -0.39 is 9.84 Å². The first-order valence-corrected chi connectivity index (χ1v) is 9.16. The standard InChI is InChI=1S/C15H23N3O2S/c1-5-11(6-2)10(3)18-12-8-7-9-13(21(4,19)20)14(12)17-15(18)16/h7-11H,5-6H2,1-4H3,(H2,16,17). The number of nitrogen functional groups attached to an aromatic ring is 1. The van der Waals surface area contributed by atoms with Crippen LogP contribution in [0.1, 0.15) is 39.7 Å². The SMILES string of the molecule is CCC(CC)C(C)n1c(N)nc2c(S(C)(=O)=O)cccc21. The molecule has 0 aliphatic carbocycles. The number of imidazole rings is 1. The van der Waals surface area contributed by atoms with Gasteiger partial charge in [-0.1, -0.05) is 32.8 Å². The molecule has 116 valence electrons. The summed E-state index contributed by atoms with van der Waals surface area (Å²) in [6, 6.07) is 5.39. The van der Waals surface area contributed by atoms with Crippen molar-refractivity contribution in [1.82, 2.24) is 9.55 Å². The van der Waals surface area contributed by atoms with Crippen LogP contribution in [0.3, 0.4) is 0 Å². The van der Waals surface area contributed by atoms with Crippen LogP contribution in [0.25, 0.3) is 11.0 Å². The zero-order chi connectivity index (χ0) is 15.8. The number of hydrogen-bond acceptors (Lipinski definition) is 4.